The lowest BCUT2D eigenvalue weighted by atomic mass is 9.98. The predicted octanol–water partition coefficient (Wildman–Crippen LogP) is 1.57. The highest BCUT2D eigenvalue weighted by atomic mass is 16.5. The number of anilines is 1. The van der Waals surface area contributed by atoms with Crippen molar-refractivity contribution in [2.24, 2.45) is 0 Å². The van der Waals surface area contributed by atoms with Crippen molar-refractivity contribution in [2.45, 2.75) is 38.9 Å². The van der Waals surface area contributed by atoms with Crippen LogP contribution in [0.2, 0.25) is 0 Å². The molecule has 1 saturated heterocycles. The quantitative estimate of drug-likeness (QED) is 0.874. The molecular formula is C13H19N3O3. The van der Waals surface area contributed by atoms with E-state index < -0.39 is 5.97 Å². The maximum Gasteiger partial charge on any atom is 0.341 e. The Hall–Kier alpha value is -1.69. The van der Waals surface area contributed by atoms with E-state index in [1.807, 2.05) is 32.6 Å². The maximum absolute atomic E-state index is 11.2. The molecule has 6 heteroatoms. The number of carbonyl (C=O) groups is 1. The SMILES string of the molecule is CC1(C)CN(c2ncncc2C(=O)O)CC(C)(C)O1. The molecule has 1 fully saturated rings. The van der Waals surface area contributed by atoms with Crippen molar-refractivity contribution in [1.29, 1.82) is 0 Å². The first-order valence-electron chi connectivity index (χ1n) is 6.19. The fourth-order valence-electron chi connectivity index (χ4n) is 2.66. The highest BCUT2D eigenvalue weighted by Crippen LogP contribution is 2.31. The minimum absolute atomic E-state index is 0.121. The van der Waals surface area contributed by atoms with Crippen LogP contribution in [0.3, 0.4) is 0 Å². The van der Waals surface area contributed by atoms with Gasteiger partial charge in [0.1, 0.15) is 17.7 Å². The average molecular weight is 265 g/mol. The molecule has 0 bridgehead atoms. The molecule has 2 heterocycles. The minimum Gasteiger partial charge on any atom is -0.477 e. The first-order chi connectivity index (χ1) is 8.70. The van der Waals surface area contributed by atoms with Crippen LogP contribution in [-0.4, -0.2) is 45.3 Å². The fourth-order valence-corrected chi connectivity index (χ4v) is 2.66. The van der Waals surface area contributed by atoms with Gasteiger partial charge in [0.25, 0.3) is 0 Å². The van der Waals surface area contributed by atoms with Crippen LogP contribution in [0.4, 0.5) is 5.82 Å². The molecule has 0 atom stereocenters. The van der Waals surface area contributed by atoms with E-state index >= 15 is 0 Å². The van der Waals surface area contributed by atoms with Crippen LogP contribution in [0.1, 0.15) is 38.1 Å². The van der Waals surface area contributed by atoms with Crippen LogP contribution in [0, 0.1) is 0 Å². The van der Waals surface area contributed by atoms with Gasteiger partial charge in [-0.25, -0.2) is 14.8 Å². The number of hydrogen-bond donors (Lipinski definition) is 1. The van der Waals surface area contributed by atoms with Gasteiger partial charge in [-0.15, -0.1) is 0 Å². The molecular weight excluding hydrogens is 246 g/mol. The lowest BCUT2D eigenvalue weighted by Crippen LogP contribution is -2.57. The summed E-state index contributed by atoms with van der Waals surface area (Å²) in [5.41, 5.74) is -0.596. The van der Waals surface area contributed by atoms with Crippen LogP contribution in [0.25, 0.3) is 0 Å². The van der Waals surface area contributed by atoms with Crippen LogP contribution >= 0.6 is 0 Å². The zero-order chi connectivity index (χ0) is 14.3. The summed E-state index contributed by atoms with van der Waals surface area (Å²) >= 11 is 0. The number of aromatic carboxylic acids is 1. The molecule has 2 rings (SSSR count). The Morgan fingerprint density at radius 2 is 1.89 bits per heavy atom. The molecule has 1 aliphatic rings. The first-order valence-corrected chi connectivity index (χ1v) is 6.19. The van der Waals surface area contributed by atoms with Gasteiger partial charge in [-0.1, -0.05) is 0 Å². The lowest BCUT2D eigenvalue weighted by Gasteiger charge is -2.47. The molecule has 0 amide bonds. The van der Waals surface area contributed by atoms with E-state index in [1.165, 1.54) is 12.5 Å². The summed E-state index contributed by atoms with van der Waals surface area (Å²) in [4.78, 5) is 21.1. The highest BCUT2D eigenvalue weighted by Gasteiger charge is 2.39. The molecule has 0 aliphatic carbocycles. The molecule has 1 aromatic heterocycles. The van der Waals surface area contributed by atoms with E-state index in [0.717, 1.165) is 0 Å². The normalized spacial score (nSPS) is 21.2. The van der Waals surface area contributed by atoms with Crippen molar-refractivity contribution >= 4 is 11.8 Å². The van der Waals surface area contributed by atoms with Gasteiger partial charge in [-0.05, 0) is 27.7 Å². The van der Waals surface area contributed by atoms with E-state index in [-0.39, 0.29) is 16.8 Å². The Bertz CT molecular complexity index is 484. The highest BCUT2D eigenvalue weighted by molar-refractivity contribution is 5.92. The molecule has 1 aliphatic heterocycles. The smallest absolute Gasteiger partial charge is 0.341 e. The van der Waals surface area contributed by atoms with Crippen LogP contribution in [0.5, 0.6) is 0 Å². The summed E-state index contributed by atoms with van der Waals surface area (Å²) in [5, 5.41) is 9.22. The Balaban J connectivity index is 2.39. The van der Waals surface area contributed by atoms with Crippen molar-refractivity contribution in [3.8, 4) is 0 Å². The van der Waals surface area contributed by atoms with Crippen molar-refractivity contribution in [1.82, 2.24) is 9.97 Å². The Labute approximate surface area is 112 Å². The van der Waals surface area contributed by atoms with Gasteiger partial charge in [-0.3, -0.25) is 0 Å². The molecule has 1 N–H and O–H groups in total. The zero-order valence-electron chi connectivity index (χ0n) is 11.7. The van der Waals surface area contributed by atoms with E-state index in [0.29, 0.717) is 18.9 Å². The topological polar surface area (TPSA) is 75.6 Å². The van der Waals surface area contributed by atoms with Crippen LogP contribution in [0.15, 0.2) is 12.5 Å². The second kappa shape index (κ2) is 4.45. The van der Waals surface area contributed by atoms with Gasteiger partial charge in [0.05, 0.1) is 11.2 Å². The van der Waals surface area contributed by atoms with Crippen LogP contribution in [-0.2, 0) is 4.74 Å². The first kappa shape index (κ1) is 13.7. The second-order valence-corrected chi connectivity index (χ2v) is 6.04. The standard InChI is InChI=1S/C13H19N3O3/c1-12(2)6-16(7-13(3,4)19-12)10-9(11(17)18)5-14-8-15-10/h5,8H,6-7H2,1-4H3,(H,17,18). The number of ether oxygens (including phenoxy) is 1. The molecule has 0 saturated carbocycles. The number of nitrogens with zero attached hydrogens (tertiary/aromatic N) is 3. The third kappa shape index (κ3) is 3.01. The molecule has 0 radical (unpaired) electrons. The molecule has 104 valence electrons. The monoisotopic (exact) mass is 265 g/mol. The fraction of sp³-hybridized carbons (Fsp3) is 0.615. The van der Waals surface area contributed by atoms with Gasteiger partial charge < -0.3 is 14.7 Å². The number of carboxylic acid groups (broad SMARTS) is 1. The Kier molecular flexibility index (Phi) is 3.22. The molecule has 0 aromatic carbocycles. The summed E-state index contributed by atoms with van der Waals surface area (Å²) in [6.07, 6.45) is 2.71. The average Bonchev–Trinajstić information content (AvgIpc) is 2.24. The minimum atomic E-state index is -1.02. The molecule has 0 spiro atoms. The number of rotatable bonds is 2. The molecule has 6 nitrogen and oxygen atoms in total. The van der Waals surface area contributed by atoms with Crippen molar-refractivity contribution in [3.63, 3.8) is 0 Å². The number of hydrogen-bond acceptors (Lipinski definition) is 5. The van der Waals surface area contributed by atoms with E-state index in [9.17, 15) is 9.90 Å². The van der Waals surface area contributed by atoms with E-state index in [2.05, 4.69) is 9.97 Å². The van der Waals surface area contributed by atoms with E-state index in [1.54, 1.807) is 0 Å². The van der Waals surface area contributed by atoms with Crippen molar-refractivity contribution < 1.29 is 14.6 Å². The zero-order valence-corrected chi connectivity index (χ0v) is 11.7. The molecule has 0 unspecified atom stereocenters. The van der Waals surface area contributed by atoms with Crippen molar-refractivity contribution in [3.05, 3.63) is 18.1 Å². The van der Waals surface area contributed by atoms with E-state index in [4.69, 9.17) is 4.74 Å². The largest absolute Gasteiger partial charge is 0.477 e. The maximum atomic E-state index is 11.2. The van der Waals surface area contributed by atoms with Gasteiger partial charge in [-0.2, -0.15) is 0 Å². The molecule has 1 aromatic rings. The summed E-state index contributed by atoms with van der Waals surface area (Å²) in [7, 11) is 0. The summed E-state index contributed by atoms with van der Waals surface area (Å²) in [6.45, 7) is 9.14. The third-order valence-electron chi connectivity index (χ3n) is 2.92. The van der Waals surface area contributed by atoms with Gasteiger partial charge in [0.15, 0.2) is 0 Å². The summed E-state index contributed by atoms with van der Waals surface area (Å²) in [5.74, 6) is -0.565. The molecule has 19 heavy (non-hydrogen) atoms. The van der Waals surface area contributed by atoms with Gasteiger partial charge >= 0.3 is 5.97 Å². The van der Waals surface area contributed by atoms with Gasteiger partial charge in [0.2, 0.25) is 0 Å². The second-order valence-electron chi connectivity index (χ2n) is 6.04. The predicted molar refractivity (Wildman–Crippen MR) is 70.4 cm³/mol. The number of aromatic nitrogens is 2. The third-order valence-corrected chi connectivity index (χ3v) is 2.92. The van der Waals surface area contributed by atoms with Crippen LogP contribution < -0.4 is 4.90 Å². The number of carboxylic acids is 1. The lowest BCUT2D eigenvalue weighted by molar-refractivity contribution is -0.133. The Morgan fingerprint density at radius 1 is 1.32 bits per heavy atom. The number of morpholine rings is 1. The van der Waals surface area contributed by atoms with Crippen molar-refractivity contribution in [2.75, 3.05) is 18.0 Å². The summed E-state index contributed by atoms with van der Waals surface area (Å²) < 4.78 is 5.98. The Morgan fingerprint density at radius 3 is 2.42 bits per heavy atom. The van der Waals surface area contributed by atoms with Gasteiger partial charge in [0, 0.05) is 19.3 Å². The summed E-state index contributed by atoms with van der Waals surface area (Å²) in [6, 6.07) is 0.